The quantitative estimate of drug-likeness (QED) is 0.537. The first-order valence-corrected chi connectivity index (χ1v) is 4.08. The second-order valence-corrected chi connectivity index (χ2v) is 3.64. The number of ketones is 2. The van der Waals surface area contributed by atoms with Crippen molar-refractivity contribution in [1.82, 2.24) is 0 Å². The molecule has 1 rings (SSSR count). The molecule has 2 atom stereocenters. The van der Waals surface area contributed by atoms with Crippen LogP contribution in [0.1, 0.15) is 33.6 Å². The number of hydrogen-bond donors (Lipinski definition) is 0. The zero-order chi connectivity index (χ0) is 8.65. The SMILES string of the molecule is CCC1(C)CC(=O)C(C)C1=O. The van der Waals surface area contributed by atoms with Gasteiger partial charge in [-0.2, -0.15) is 0 Å². The molecule has 62 valence electrons. The summed E-state index contributed by atoms with van der Waals surface area (Å²) < 4.78 is 0. The fraction of sp³-hybridized carbons (Fsp3) is 0.778. The van der Waals surface area contributed by atoms with Gasteiger partial charge >= 0.3 is 0 Å². The van der Waals surface area contributed by atoms with Gasteiger partial charge in [0.1, 0.15) is 11.6 Å². The molecular formula is C9H14O2. The van der Waals surface area contributed by atoms with Crippen molar-refractivity contribution in [2.24, 2.45) is 11.3 Å². The Bertz CT molecular complexity index is 208. The van der Waals surface area contributed by atoms with E-state index in [4.69, 9.17) is 0 Å². The summed E-state index contributed by atoms with van der Waals surface area (Å²) in [4.78, 5) is 22.6. The Morgan fingerprint density at radius 2 is 2.09 bits per heavy atom. The summed E-state index contributed by atoms with van der Waals surface area (Å²) in [5.74, 6) is -0.107. The summed E-state index contributed by atoms with van der Waals surface area (Å²) in [6, 6.07) is 0. The van der Waals surface area contributed by atoms with Crippen molar-refractivity contribution in [3.63, 3.8) is 0 Å². The van der Waals surface area contributed by atoms with Gasteiger partial charge in [-0.25, -0.2) is 0 Å². The summed E-state index contributed by atoms with van der Waals surface area (Å²) in [5, 5.41) is 0. The molecule has 0 aromatic heterocycles. The van der Waals surface area contributed by atoms with Gasteiger partial charge in [0.25, 0.3) is 0 Å². The van der Waals surface area contributed by atoms with Gasteiger partial charge in [0, 0.05) is 11.8 Å². The van der Waals surface area contributed by atoms with Crippen LogP contribution in [-0.2, 0) is 9.59 Å². The van der Waals surface area contributed by atoms with Crippen LogP contribution >= 0.6 is 0 Å². The first-order valence-electron chi connectivity index (χ1n) is 4.08. The first kappa shape index (κ1) is 8.44. The molecule has 0 amide bonds. The Hall–Kier alpha value is -0.660. The Morgan fingerprint density at radius 3 is 2.27 bits per heavy atom. The molecule has 0 spiro atoms. The van der Waals surface area contributed by atoms with Crippen molar-refractivity contribution in [2.45, 2.75) is 33.6 Å². The average Bonchev–Trinajstić information content (AvgIpc) is 2.17. The van der Waals surface area contributed by atoms with Crippen LogP contribution in [0.15, 0.2) is 0 Å². The average molecular weight is 154 g/mol. The normalized spacial score (nSPS) is 38.3. The summed E-state index contributed by atoms with van der Waals surface area (Å²) in [6.45, 7) is 5.56. The molecule has 1 saturated carbocycles. The van der Waals surface area contributed by atoms with Crippen molar-refractivity contribution in [3.05, 3.63) is 0 Å². The molecular weight excluding hydrogens is 140 g/mol. The minimum atomic E-state index is -0.351. The highest BCUT2D eigenvalue weighted by atomic mass is 16.2. The third-order valence-electron chi connectivity index (χ3n) is 2.82. The maximum atomic E-state index is 11.4. The van der Waals surface area contributed by atoms with Crippen molar-refractivity contribution in [3.8, 4) is 0 Å². The van der Waals surface area contributed by atoms with Crippen LogP contribution < -0.4 is 0 Å². The van der Waals surface area contributed by atoms with Crippen LogP contribution in [0.5, 0.6) is 0 Å². The number of carbonyl (C=O) groups is 2. The third-order valence-corrected chi connectivity index (χ3v) is 2.82. The largest absolute Gasteiger partial charge is 0.299 e. The van der Waals surface area contributed by atoms with Gasteiger partial charge in [-0.05, 0) is 13.3 Å². The topological polar surface area (TPSA) is 34.1 Å². The number of carbonyl (C=O) groups excluding carboxylic acids is 2. The van der Waals surface area contributed by atoms with Crippen LogP contribution in [0.3, 0.4) is 0 Å². The van der Waals surface area contributed by atoms with E-state index < -0.39 is 0 Å². The summed E-state index contributed by atoms with van der Waals surface area (Å²) in [6.07, 6.45) is 1.23. The molecule has 0 aromatic rings. The molecule has 0 radical (unpaired) electrons. The van der Waals surface area contributed by atoms with Crippen molar-refractivity contribution >= 4 is 11.6 Å². The van der Waals surface area contributed by atoms with Crippen molar-refractivity contribution < 1.29 is 9.59 Å². The highest BCUT2D eigenvalue weighted by Crippen LogP contribution is 2.37. The van der Waals surface area contributed by atoms with Crippen LogP contribution in [-0.4, -0.2) is 11.6 Å². The standard InChI is InChI=1S/C9H14O2/c1-4-9(3)5-7(10)6(2)8(9)11/h6H,4-5H2,1-3H3. The zero-order valence-corrected chi connectivity index (χ0v) is 7.31. The van der Waals surface area contributed by atoms with Crippen LogP contribution in [0, 0.1) is 11.3 Å². The zero-order valence-electron chi connectivity index (χ0n) is 7.31. The molecule has 11 heavy (non-hydrogen) atoms. The number of rotatable bonds is 1. The molecule has 0 aliphatic heterocycles. The molecule has 2 heteroatoms. The van der Waals surface area contributed by atoms with Crippen LogP contribution in [0.2, 0.25) is 0 Å². The second kappa shape index (κ2) is 2.43. The third kappa shape index (κ3) is 1.10. The lowest BCUT2D eigenvalue weighted by molar-refractivity contribution is -0.129. The predicted molar refractivity (Wildman–Crippen MR) is 42.2 cm³/mol. The smallest absolute Gasteiger partial charge is 0.149 e. The Kier molecular flexibility index (Phi) is 1.87. The van der Waals surface area contributed by atoms with E-state index >= 15 is 0 Å². The minimum Gasteiger partial charge on any atom is -0.299 e. The van der Waals surface area contributed by atoms with E-state index in [9.17, 15) is 9.59 Å². The lowest BCUT2D eigenvalue weighted by atomic mass is 9.84. The van der Waals surface area contributed by atoms with E-state index in [1.54, 1.807) is 6.92 Å². The molecule has 1 aliphatic carbocycles. The lowest BCUT2D eigenvalue weighted by Gasteiger charge is -2.17. The number of hydrogen-bond acceptors (Lipinski definition) is 2. The van der Waals surface area contributed by atoms with Crippen molar-refractivity contribution in [2.75, 3.05) is 0 Å². The summed E-state index contributed by atoms with van der Waals surface area (Å²) in [7, 11) is 0. The fourth-order valence-corrected chi connectivity index (χ4v) is 1.59. The van der Waals surface area contributed by atoms with Gasteiger partial charge in [-0.1, -0.05) is 13.8 Å². The van der Waals surface area contributed by atoms with E-state index in [0.717, 1.165) is 6.42 Å². The Labute approximate surface area is 67.0 Å². The highest BCUT2D eigenvalue weighted by Gasteiger charge is 2.45. The molecule has 0 heterocycles. The van der Waals surface area contributed by atoms with Gasteiger partial charge in [0.05, 0.1) is 5.92 Å². The second-order valence-electron chi connectivity index (χ2n) is 3.64. The first-order chi connectivity index (χ1) is 5.01. The van der Waals surface area contributed by atoms with Crippen LogP contribution in [0.25, 0.3) is 0 Å². The van der Waals surface area contributed by atoms with E-state index in [1.165, 1.54) is 0 Å². The molecule has 2 unspecified atom stereocenters. The molecule has 2 nitrogen and oxygen atoms in total. The van der Waals surface area contributed by atoms with Gasteiger partial charge in [0.15, 0.2) is 0 Å². The van der Waals surface area contributed by atoms with E-state index in [2.05, 4.69) is 0 Å². The lowest BCUT2D eigenvalue weighted by Crippen LogP contribution is -2.23. The number of Topliss-reactive ketones (excluding diaryl/α,β-unsaturated/α-hetero) is 2. The van der Waals surface area contributed by atoms with Gasteiger partial charge in [-0.15, -0.1) is 0 Å². The molecule has 0 saturated heterocycles. The van der Waals surface area contributed by atoms with E-state index in [-0.39, 0.29) is 22.9 Å². The maximum Gasteiger partial charge on any atom is 0.149 e. The molecule has 0 bridgehead atoms. The van der Waals surface area contributed by atoms with Gasteiger partial charge in [-0.3, -0.25) is 9.59 Å². The molecule has 0 aromatic carbocycles. The van der Waals surface area contributed by atoms with Crippen LogP contribution in [0.4, 0.5) is 0 Å². The summed E-state index contributed by atoms with van der Waals surface area (Å²) >= 11 is 0. The molecule has 1 fully saturated rings. The highest BCUT2D eigenvalue weighted by molar-refractivity contribution is 6.11. The predicted octanol–water partition coefficient (Wildman–Crippen LogP) is 1.58. The molecule has 1 aliphatic rings. The Balaban J connectivity index is 2.91. The fourth-order valence-electron chi connectivity index (χ4n) is 1.59. The van der Waals surface area contributed by atoms with E-state index in [1.807, 2.05) is 13.8 Å². The van der Waals surface area contributed by atoms with Gasteiger partial charge < -0.3 is 0 Å². The monoisotopic (exact) mass is 154 g/mol. The van der Waals surface area contributed by atoms with Crippen molar-refractivity contribution in [1.29, 1.82) is 0 Å². The van der Waals surface area contributed by atoms with Gasteiger partial charge in [0.2, 0.25) is 0 Å². The molecule has 0 N–H and O–H groups in total. The maximum absolute atomic E-state index is 11.4. The Morgan fingerprint density at radius 1 is 1.55 bits per heavy atom. The van der Waals surface area contributed by atoms with E-state index in [0.29, 0.717) is 6.42 Å². The summed E-state index contributed by atoms with van der Waals surface area (Å²) in [5.41, 5.74) is -0.351. The minimum absolute atomic E-state index is 0.111.